The fourth-order valence-electron chi connectivity index (χ4n) is 5.72. The second kappa shape index (κ2) is 6.34. The van der Waals surface area contributed by atoms with E-state index in [1.165, 1.54) is 38.5 Å². The maximum Gasteiger partial charge on any atom is 0.234 e. The van der Waals surface area contributed by atoms with Crippen LogP contribution in [-0.2, 0) is 4.79 Å². The lowest BCUT2D eigenvalue weighted by Gasteiger charge is -2.56. The summed E-state index contributed by atoms with van der Waals surface area (Å²) < 4.78 is 0. The van der Waals surface area contributed by atoms with E-state index in [1.54, 1.807) is 0 Å². The van der Waals surface area contributed by atoms with Crippen molar-refractivity contribution in [1.29, 1.82) is 0 Å². The number of hydrogen-bond acceptors (Lipinski definition) is 2. The smallest absolute Gasteiger partial charge is 0.234 e. The number of hydrogen-bond donors (Lipinski definition) is 2. The molecule has 4 aliphatic carbocycles. The van der Waals surface area contributed by atoms with E-state index >= 15 is 0 Å². The zero-order valence-electron chi connectivity index (χ0n) is 14.4. The van der Waals surface area contributed by atoms with Crippen molar-refractivity contribution >= 4 is 17.5 Å². The summed E-state index contributed by atoms with van der Waals surface area (Å²) in [6.45, 7) is 2.47. The molecule has 130 valence electrons. The van der Waals surface area contributed by atoms with E-state index in [4.69, 9.17) is 11.6 Å². The molecule has 4 aliphatic rings. The number of rotatable bonds is 5. The Hall–Kier alpha value is -1.06. The van der Waals surface area contributed by atoms with Gasteiger partial charge in [0.2, 0.25) is 5.91 Å². The van der Waals surface area contributed by atoms with Crippen LogP contribution < -0.4 is 10.6 Å². The van der Waals surface area contributed by atoms with Gasteiger partial charge in [0, 0.05) is 16.6 Å². The van der Waals surface area contributed by atoms with Crippen molar-refractivity contribution in [2.45, 2.75) is 57.0 Å². The summed E-state index contributed by atoms with van der Waals surface area (Å²) in [5.41, 5.74) is 1.26. The molecule has 0 heterocycles. The number of carbonyl (C=O) groups is 1. The Kier molecular flexibility index (Phi) is 4.34. The lowest BCUT2D eigenvalue weighted by Crippen LogP contribution is -2.60. The summed E-state index contributed by atoms with van der Waals surface area (Å²) in [7, 11) is 0. The standard InChI is InChI=1S/C20H27ClN2O/c1-13(17-2-4-18(21)5-3-17)22-12-19(24)23-20-9-14-6-15(10-20)8-16(7-14)11-20/h2-5,13-16,22H,6-12H2,1H3,(H,23,24)/t13-,14?,15?,16?,20?/m0/s1. The van der Waals surface area contributed by atoms with Crippen LogP contribution >= 0.6 is 11.6 Å². The summed E-state index contributed by atoms with van der Waals surface area (Å²) in [6.07, 6.45) is 7.83. The van der Waals surface area contributed by atoms with Crippen LogP contribution in [-0.4, -0.2) is 18.0 Å². The first-order chi connectivity index (χ1) is 11.5. The molecule has 4 bridgehead atoms. The van der Waals surface area contributed by atoms with E-state index in [9.17, 15) is 4.79 Å². The Balaban J connectivity index is 1.31. The molecule has 4 heteroatoms. The second-order valence-corrected chi connectivity index (χ2v) is 8.84. The fourth-order valence-corrected chi connectivity index (χ4v) is 5.84. The van der Waals surface area contributed by atoms with Crippen LogP contribution in [0.15, 0.2) is 24.3 Å². The highest BCUT2D eigenvalue weighted by Crippen LogP contribution is 2.55. The van der Waals surface area contributed by atoms with Crippen molar-refractivity contribution < 1.29 is 4.79 Å². The molecule has 0 spiro atoms. The highest BCUT2D eigenvalue weighted by Gasteiger charge is 2.51. The summed E-state index contributed by atoms with van der Waals surface area (Å²) in [4.78, 5) is 12.5. The first-order valence-corrected chi connectivity index (χ1v) is 9.69. The largest absolute Gasteiger partial charge is 0.350 e. The van der Waals surface area contributed by atoms with Gasteiger partial charge in [0.25, 0.3) is 0 Å². The third-order valence-electron chi connectivity index (χ3n) is 6.38. The first-order valence-electron chi connectivity index (χ1n) is 9.31. The molecule has 5 rings (SSSR count). The monoisotopic (exact) mass is 346 g/mol. The minimum atomic E-state index is 0.108. The van der Waals surface area contributed by atoms with Crippen molar-refractivity contribution in [3.8, 4) is 0 Å². The molecular formula is C20H27ClN2O. The van der Waals surface area contributed by atoms with Gasteiger partial charge in [-0.3, -0.25) is 4.79 Å². The minimum Gasteiger partial charge on any atom is -0.350 e. The van der Waals surface area contributed by atoms with Crippen LogP contribution in [0.3, 0.4) is 0 Å². The molecule has 0 unspecified atom stereocenters. The number of halogens is 1. The van der Waals surface area contributed by atoms with Crippen LogP contribution in [0.25, 0.3) is 0 Å². The SMILES string of the molecule is C[C@H](NCC(=O)NC12CC3CC(CC(C3)C1)C2)c1ccc(Cl)cc1. The molecule has 24 heavy (non-hydrogen) atoms. The molecule has 4 saturated carbocycles. The number of carbonyl (C=O) groups excluding carboxylic acids is 1. The van der Waals surface area contributed by atoms with Gasteiger partial charge in [-0.25, -0.2) is 0 Å². The quantitative estimate of drug-likeness (QED) is 0.843. The van der Waals surface area contributed by atoms with E-state index < -0.39 is 0 Å². The van der Waals surface area contributed by atoms with Crippen molar-refractivity contribution in [1.82, 2.24) is 10.6 Å². The molecule has 0 aromatic heterocycles. The van der Waals surface area contributed by atoms with Gasteiger partial charge in [-0.15, -0.1) is 0 Å². The molecular weight excluding hydrogens is 320 g/mol. The first kappa shape index (κ1) is 16.4. The van der Waals surface area contributed by atoms with Gasteiger partial charge in [0.15, 0.2) is 0 Å². The molecule has 0 aliphatic heterocycles. The van der Waals surface area contributed by atoms with Crippen molar-refractivity contribution in [3.05, 3.63) is 34.9 Å². The van der Waals surface area contributed by atoms with E-state index in [1.807, 2.05) is 24.3 Å². The third kappa shape index (κ3) is 3.34. The van der Waals surface area contributed by atoms with Gasteiger partial charge in [-0.1, -0.05) is 23.7 Å². The van der Waals surface area contributed by atoms with Gasteiger partial charge in [-0.05, 0) is 80.9 Å². The molecule has 1 aromatic rings. The molecule has 1 atom stereocenters. The fraction of sp³-hybridized carbons (Fsp3) is 0.650. The second-order valence-electron chi connectivity index (χ2n) is 8.40. The van der Waals surface area contributed by atoms with Crippen molar-refractivity contribution in [2.75, 3.05) is 6.54 Å². The Morgan fingerprint density at radius 2 is 1.67 bits per heavy atom. The van der Waals surface area contributed by atoms with Gasteiger partial charge in [0.05, 0.1) is 6.54 Å². The summed E-state index contributed by atoms with van der Waals surface area (Å²) in [5.74, 6) is 2.73. The van der Waals surface area contributed by atoms with E-state index in [2.05, 4.69) is 17.6 Å². The molecule has 1 amide bonds. The maximum absolute atomic E-state index is 12.5. The molecule has 4 fully saturated rings. The van der Waals surface area contributed by atoms with Crippen molar-refractivity contribution in [3.63, 3.8) is 0 Å². The zero-order valence-corrected chi connectivity index (χ0v) is 15.1. The number of benzene rings is 1. The molecule has 0 radical (unpaired) electrons. The average Bonchev–Trinajstić information content (AvgIpc) is 2.51. The Labute approximate surface area is 149 Å². The number of nitrogens with one attached hydrogen (secondary N) is 2. The average molecular weight is 347 g/mol. The molecule has 2 N–H and O–H groups in total. The van der Waals surface area contributed by atoms with E-state index in [0.29, 0.717) is 6.54 Å². The Bertz CT molecular complexity index is 577. The third-order valence-corrected chi connectivity index (χ3v) is 6.63. The van der Waals surface area contributed by atoms with Crippen LogP contribution in [0.2, 0.25) is 5.02 Å². The molecule has 0 saturated heterocycles. The van der Waals surface area contributed by atoms with Crippen LogP contribution in [0.1, 0.15) is 57.1 Å². The number of amides is 1. The predicted octanol–water partition coefficient (Wildman–Crippen LogP) is 4.08. The zero-order chi connectivity index (χ0) is 16.7. The summed E-state index contributed by atoms with van der Waals surface area (Å²) in [6, 6.07) is 7.95. The summed E-state index contributed by atoms with van der Waals surface area (Å²) in [5, 5.41) is 7.50. The van der Waals surface area contributed by atoms with Gasteiger partial charge in [-0.2, -0.15) is 0 Å². The summed E-state index contributed by atoms with van der Waals surface area (Å²) >= 11 is 5.93. The highest BCUT2D eigenvalue weighted by atomic mass is 35.5. The predicted molar refractivity (Wildman–Crippen MR) is 96.9 cm³/mol. The van der Waals surface area contributed by atoms with E-state index in [-0.39, 0.29) is 17.5 Å². The van der Waals surface area contributed by atoms with Crippen LogP contribution in [0, 0.1) is 17.8 Å². The highest BCUT2D eigenvalue weighted by molar-refractivity contribution is 6.30. The van der Waals surface area contributed by atoms with Gasteiger partial charge < -0.3 is 10.6 Å². The van der Waals surface area contributed by atoms with Gasteiger partial charge >= 0.3 is 0 Å². The van der Waals surface area contributed by atoms with Crippen LogP contribution in [0.4, 0.5) is 0 Å². The lowest BCUT2D eigenvalue weighted by molar-refractivity contribution is -0.126. The van der Waals surface area contributed by atoms with Gasteiger partial charge in [0.1, 0.15) is 0 Å². The topological polar surface area (TPSA) is 41.1 Å². The molecule has 3 nitrogen and oxygen atoms in total. The van der Waals surface area contributed by atoms with Crippen LogP contribution in [0.5, 0.6) is 0 Å². The van der Waals surface area contributed by atoms with E-state index in [0.717, 1.165) is 28.3 Å². The Morgan fingerprint density at radius 3 is 2.21 bits per heavy atom. The normalized spacial score (nSPS) is 35.0. The lowest BCUT2D eigenvalue weighted by atomic mass is 9.53. The van der Waals surface area contributed by atoms with Crippen molar-refractivity contribution in [2.24, 2.45) is 17.8 Å². The maximum atomic E-state index is 12.5. The minimum absolute atomic E-state index is 0.108. The Morgan fingerprint density at radius 1 is 1.12 bits per heavy atom. The molecule has 1 aromatic carbocycles.